The van der Waals surface area contributed by atoms with Gasteiger partial charge in [-0.3, -0.25) is 0 Å². The first-order chi connectivity index (χ1) is 14.6. The molecule has 5 atom stereocenters. The normalized spacial score (nSPS) is 30.3. The van der Waals surface area contributed by atoms with Crippen molar-refractivity contribution in [1.29, 1.82) is 0 Å². The predicted octanol–water partition coefficient (Wildman–Crippen LogP) is 1.67. The number of aryl methyl sites for hydroxylation is 1. The maximum atomic E-state index is 10.5. The van der Waals surface area contributed by atoms with E-state index in [1.54, 1.807) is 0 Å². The smallest absolute Gasteiger partial charge is 0.119 e. The lowest BCUT2D eigenvalue weighted by atomic mass is 9.88. The van der Waals surface area contributed by atoms with E-state index in [4.69, 9.17) is 9.47 Å². The van der Waals surface area contributed by atoms with Gasteiger partial charge in [-0.05, 0) is 53.6 Å². The Kier molecular flexibility index (Phi) is 6.51. The summed E-state index contributed by atoms with van der Waals surface area (Å²) in [5.74, 6) is 0.831. The first-order valence-electron chi connectivity index (χ1n) is 10.4. The summed E-state index contributed by atoms with van der Waals surface area (Å²) in [6.07, 6.45) is 0.834. The first-order valence-corrected chi connectivity index (χ1v) is 10.4. The molecule has 0 radical (unpaired) electrons. The van der Waals surface area contributed by atoms with Crippen LogP contribution in [0.5, 0.6) is 5.75 Å². The van der Waals surface area contributed by atoms with Crippen molar-refractivity contribution in [2.45, 2.75) is 49.8 Å². The molecule has 3 aliphatic rings. The lowest BCUT2D eigenvalue weighted by Crippen LogP contribution is -2.55. The van der Waals surface area contributed by atoms with Gasteiger partial charge in [0.1, 0.15) is 42.9 Å². The van der Waals surface area contributed by atoms with Gasteiger partial charge in [0.05, 0.1) is 6.61 Å². The Bertz CT molecular complexity index is 876. The van der Waals surface area contributed by atoms with Gasteiger partial charge in [0, 0.05) is 0 Å². The molecule has 0 unspecified atom stereocenters. The fourth-order valence-electron chi connectivity index (χ4n) is 4.10. The van der Waals surface area contributed by atoms with E-state index in [0.717, 1.165) is 29.7 Å². The van der Waals surface area contributed by atoms with Crippen LogP contribution >= 0.6 is 0 Å². The number of benzene rings is 2. The van der Waals surface area contributed by atoms with Crippen molar-refractivity contribution in [3.8, 4) is 5.75 Å². The molecule has 3 heterocycles. The van der Waals surface area contributed by atoms with Crippen LogP contribution in [-0.4, -0.2) is 58.1 Å². The van der Waals surface area contributed by atoms with Crippen LogP contribution in [0, 0.1) is 0 Å². The Morgan fingerprint density at radius 3 is 2.43 bits per heavy atom. The van der Waals surface area contributed by atoms with Gasteiger partial charge < -0.3 is 29.9 Å². The van der Waals surface area contributed by atoms with E-state index in [2.05, 4.69) is 6.08 Å². The fraction of sp³-hybridized carbons (Fsp3) is 0.417. The molecule has 2 bridgehead atoms. The van der Waals surface area contributed by atoms with Gasteiger partial charge in [-0.2, -0.15) is 0 Å². The second-order valence-electron chi connectivity index (χ2n) is 7.92. The highest BCUT2D eigenvalue weighted by molar-refractivity contribution is 5.39. The minimum atomic E-state index is -1.39. The second-order valence-corrected chi connectivity index (χ2v) is 7.92. The molecular weight excluding hydrogens is 384 g/mol. The molecule has 0 spiro atoms. The number of hydrogen-bond acceptors (Lipinski definition) is 6. The highest BCUT2D eigenvalue weighted by Gasteiger charge is 2.44. The molecule has 1 fully saturated rings. The lowest BCUT2D eigenvalue weighted by Gasteiger charge is -2.40. The zero-order valence-corrected chi connectivity index (χ0v) is 16.7. The molecule has 5 rings (SSSR count). The van der Waals surface area contributed by atoms with Gasteiger partial charge in [-0.25, -0.2) is 0 Å². The third-order valence-electron chi connectivity index (χ3n) is 5.86. The summed E-state index contributed by atoms with van der Waals surface area (Å²) in [4.78, 5) is 0. The number of aliphatic hydroxyl groups excluding tert-OH is 4. The summed E-state index contributed by atoms with van der Waals surface area (Å²) in [5.41, 5.74) is 4.18. The number of aliphatic hydroxyl groups is 4. The molecule has 3 aliphatic heterocycles. The van der Waals surface area contributed by atoms with Crippen molar-refractivity contribution in [2.24, 2.45) is 0 Å². The van der Waals surface area contributed by atoms with Gasteiger partial charge in [0.2, 0.25) is 0 Å². The van der Waals surface area contributed by atoms with E-state index in [1.165, 1.54) is 5.56 Å². The molecule has 0 aromatic heterocycles. The highest BCUT2D eigenvalue weighted by atomic mass is 16.5. The topological polar surface area (TPSA) is 99.4 Å². The summed E-state index contributed by atoms with van der Waals surface area (Å²) in [5, 5.41) is 40.2. The third-order valence-corrected chi connectivity index (χ3v) is 5.86. The molecule has 1 saturated heterocycles. The molecule has 6 heteroatoms. The van der Waals surface area contributed by atoms with Crippen LogP contribution in [0.4, 0.5) is 0 Å². The monoisotopic (exact) mass is 412 g/mol. The van der Waals surface area contributed by atoms with Gasteiger partial charge in [0.25, 0.3) is 0 Å². The van der Waals surface area contributed by atoms with Crippen LogP contribution < -0.4 is 4.74 Å². The van der Waals surface area contributed by atoms with E-state index in [-0.39, 0.29) is 0 Å². The lowest BCUT2D eigenvalue weighted by molar-refractivity contribution is -0.231. The van der Waals surface area contributed by atoms with Gasteiger partial charge in [-0.1, -0.05) is 42.5 Å². The third kappa shape index (κ3) is 4.43. The zero-order valence-electron chi connectivity index (χ0n) is 16.7. The Morgan fingerprint density at radius 2 is 1.67 bits per heavy atom. The summed E-state index contributed by atoms with van der Waals surface area (Å²) in [6.45, 7) is 0.107. The molecular formula is C24H28O6. The van der Waals surface area contributed by atoms with Crippen LogP contribution in [0.25, 0.3) is 0 Å². The van der Waals surface area contributed by atoms with Crippen LogP contribution in [0.2, 0.25) is 0 Å². The maximum Gasteiger partial charge on any atom is 0.119 e. The summed E-state index contributed by atoms with van der Waals surface area (Å²) < 4.78 is 11.5. The Hall–Kier alpha value is -2.22. The number of hydrogen-bond donors (Lipinski definition) is 4. The standard InChI is InChI=1S/C24H28O6/c25-14-20-21(26)22(27)23(28)24(30-20)17-8-7-16-4-2-1-3-11-29-19-9-5-15(6-10-19)12-18(16)13-17/h1,3,5-10,13,20-28H,2,4,11-12,14H2/b3-1+/t20-,21-,22+,23-,24+/m1/s1. The van der Waals surface area contributed by atoms with Gasteiger partial charge >= 0.3 is 0 Å². The van der Waals surface area contributed by atoms with Crippen molar-refractivity contribution in [1.82, 2.24) is 0 Å². The van der Waals surface area contributed by atoms with E-state index in [0.29, 0.717) is 18.6 Å². The van der Waals surface area contributed by atoms with Crippen molar-refractivity contribution in [3.63, 3.8) is 0 Å². The fourth-order valence-corrected chi connectivity index (χ4v) is 4.10. The quantitative estimate of drug-likeness (QED) is 0.560. The van der Waals surface area contributed by atoms with E-state index < -0.39 is 37.1 Å². The van der Waals surface area contributed by atoms with Crippen molar-refractivity contribution >= 4 is 0 Å². The van der Waals surface area contributed by atoms with Gasteiger partial charge in [-0.15, -0.1) is 0 Å². The predicted molar refractivity (Wildman–Crippen MR) is 111 cm³/mol. The van der Waals surface area contributed by atoms with Crippen molar-refractivity contribution < 1.29 is 29.9 Å². The van der Waals surface area contributed by atoms with E-state index in [9.17, 15) is 20.4 Å². The average molecular weight is 412 g/mol. The highest BCUT2D eigenvalue weighted by Crippen LogP contribution is 2.34. The Balaban J connectivity index is 1.67. The van der Waals surface area contributed by atoms with Crippen LogP contribution in [0.3, 0.4) is 0 Å². The van der Waals surface area contributed by atoms with Crippen LogP contribution in [-0.2, 0) is 17.6 Å². The molecule has 6 nitrogen and oxygen atoms in total. The SMILES string of the molecule is OC[C@H]1O[C@@H](c2ccc3c(c2)Cc2ccc(cc2)OC/C=C/CC3)[C@H](O)[C@@H](O)[C@@H]1O. The number of allylic oxidation sites excluding steroid dienone is 1. The van der Waals surface area contributed by atoms with Crippen molar-refractivity contribution in [2.75, 3.05) is 13.2 Å². The maximum absolute atomic E-state index is 10.5. The molecule has 30 heavy (non-hydrogen) atoms. The number of rotatable bonds is 2. The minimum Gasteiger partial charge on any atom is -0.490 e. The zero-order chi connectivity index (χ0) is 21.1. The Labute approximate surface area is 176 Å². The largest absolute Gasteiger partial charge is 0.490 e. The molecule has 2 aromatic carbocycles. The first kappa shape index (κ1) is 21.0. The minimum absolute atomic E-state index is 0.437. The molecule has 2 aromatic rings. The van der Waals surface area contributed by atoms with Crippen molar-refractivity contribution in [3.05, 3.63) is 76.9 Å². The summed E-state index contributed by atoms with van der Waals surface area (Å²) >= 11 is 0. The van der Waals surface area contributed by atoms with E-state index in [1.807, 2.05) is 48.5 Å². The second kappa shape index (κ2) is 9.29. The van der Waals surface area contributed by atoms with Crippen LogP contribution in [0.15, 0.2) is 54.6 Å². The molecule has 160 valence electrons. The van der Waals surface area contributed by atoms with Crippen LogP contribution in [0.1, 0.15) is 34.8 Å². The van der Waals surface area contributed by atoms with E-state index >= 15 is 0 Å². The number of fused-ring (bicyclic) bond motifs is 6. The molecule has 0 saturated carbocycles. The molecule has 4 N–H and O–H groups in total. The van der Waals surface area contributed by atoms with Gasteiger partial charge in [0.15, 0.2) is 0 Å². The Morgan fingerprint density at radius 1 is 0.867 bits per heavy atom. The average Bonchev–Trinajstić information content (AvgIpc) is 2.79. The summed E-state index contributed by atoms with van der Waals surface area (Å²) in [7, 11) is 0. The molecule has 0 aliphatic carbocycles. The summed E-state index contributed by atoms with van der Waals surface area (Å²) in [6, 6.07) is 13.9. The molecule has 0 amide bonds. The number of ether oxygens (including phenoxy) is 2.